The van der Waals surface area contributed by atoms with E-state index in [0.717, 1.165) is 30.5 Å². The SMILES string of the molecule is CCc1c(C(=O)NC2CCCCC2CN)[nH]c(C)c1C(C)=O. The molecule has 1 aliphatic carbocycles. The molecule has 0 spiro atoms. The van der Waals surface area contributed by atoms with Crippen molar-refractivity contribution in [1.29, 1.82) is 0 Å². The van der Waals surface area contributed by atoms with E-state index in [9.17, 15) is 9.59 Å². The predicted octanol–water partition coefficient (Wildman–Crippen LogP) is 2.34. The molecule has 22 heavy (non-hydrogen) atoms. The number of nitrogens with two attached hydrogens (primary N) is 1. The summed E-state index contributed by atoms with van der Waals surface area (Å²) in [6, 6.07) is 0.139. The smallest absolute Gasteiger partial charge is 0.268 e. The van der Waals surface area contributed by atoms with Gasteiger partial charge in [0, 0.05) is 17.3 Å². The second-order valence-electron chi connectivity index (χ2n) is 6.25. The second-order valence-corrected chi connectivity index (χ2v) is 6.25. The highest BCUT2D eigenvalue weighted by Crippen LogP contribution is 2.25. The number of H-pyrrole nitrogens is 1. The second kappa shape index (κ2) is 7.09. The number of aryl methyl sites for hydroxylation is 1. The van der Waals surface area contributed by atoms with Crippen molar-refractivity contribution in [2.45, 2.75) is 58.9 Å². The van der Waals surface area contributed by atoms with E-state index in [1.165, 1.54) is 6.42 Å². The molecule has 0 aromatic carbocycles. The zero-order valence-electron chi connectivity index (χ0n) is 13.8. The van der Waals surface area contributed by atoms with Crippen LogP contribution in [-0.4, -0.2) is 29.3 Å². The van der Waals surface area contributed by atoms with E-state index in [1.54, 1.807) is 6.92 Å². The highest BCUT2D eigenvalue weighted by molar-refractivity contribution is 6.02. The maximum Gasteiger partial charge on any atom is 0.268 e. The zero-order chi connectivity index (χ0) is 16.3. The van der Waals surface area contributed by atoms with Crippen molar-refractivity contribution in [2.75, 3.05) is 6.54 Å². The molecule has 0 saturated heterocycles. The van der Waals surface area contributed by atoms with Gasteiger partial charge in [0.2, 0.25) is 0 Å². The molecule has 2 rings (SSSR count). The molecule has 5 nitrogen and oxygen atoms in total. The van der Waals surface area contributed by atoms with E-state index in [4.69, 9.17) is 5.73 Å². The van der Waals surface area contributed by atoms with Gasteiger partial charge in [-0.3, -0.25) is 9.59 Å². The zero-order valence-corrected chi connectivity index (χ0v) is 13.8. The Morgan fingerprint density at radius 3 is 2.59 bits per heavy atom. The third-order valence-corrected chi connectivity index (χ3v) is 4.75. The molecule has 1 saturated carbocycles. The van der Waals surface area contributed by atoms with Gasteiger partial charge in [0.05, 0.1) is 0 Å². The molecule has 2 unspecified atom stereocenters. The van der Waals surface area contributed by atoms with Gasteiger partial charge in [-0.25, -0.2) is 0 Å². The molecule has 1 amide bonds. The Balaban J connectivity index is 2.22. The van der Waals surface area contributed by atoms with Gasteiger partial charge >= 0.3 is 0 Å². The molecule has 0 bridgehead atoms. The van der Waals surface area contributed by atoms with E-state index >= 15 is 0 Å². The van der Waals surface area contributed by atoms with E-state index < -0.39 is 0 Å². The van der Waals surface area contributed by atoms with E-state index in [1.807, 2.05) is 13.8 Å². The van der Waals surface area contributed by atoms with Gasteiger partial charge in [0.15, 0.2) is 5.78 Å². The molecular weight excluding hydrogens is 278 g/mol. The largest absolute Gasteiger partial charge is 0.354 e. The van der Waals surface area contributed by atoms with Gasteiger partial charge < -0.3 is 16.0 Å². The fraction of sp³-hybridized carbons (Fsp3) is 0.647. The van der Waals surface area contributed by atoms with Gasteiger partial charge in [-0.1, -0.05) is 19.8 Å². The molecule has 0 aliphatic heterocycles. The summed E-state index contributed by atoms with van der Waals surface area (Å²) < 4.78 is 0. The molecule has 1 aromatic rings. The molecule has 1 heterocycles. The van der Waals surface area contributed by atoms with E-state index in [0.29, 0.717) is 30.1 Å². The number of Topliss-reactive ketones (excluding diaryl/α,β-unsaturated/α-hetero) is 1. The molecule has 1 aliphatic rings. The number of hydrogen-bond donors (Lipinski definition) is 3. The number of ketones is 1. The first-order valence-corrected chi connectivity index (χ1v) is 8.22. The molecule has 122 valence electrons. The first-order valence-electron chi connectivity index (χ1n) is 8.22. The number of rotatable bonds is 5. The lowest BCUT2D eigenvalue weighted by molar-refractivity contribution is 0.0902. The van der Waals surface area contributed by atoms with Crippen LogP contribution in [0.4, 0.5) is 0 Å². The summed E-state index contributed by atoms with van der Waals surface area (Å²) in [5.41, 5.74) is 8.61. The minimum absolute atomic E-state index is 0.00199. The standard InChI is InChI=1S/C17H27N3O2/c1-4-13-15(11(3)21)10(2)19-16(13)17(22)20-14-8-6-5-7-12(14)9-18/h12,14,19H,4-9,18H2,1-3H3,(H,20,22). The molecule has 2 atom stereocenters. The fourth-order valence-electron chi connectivity index (χ4n) is 3.62. The molecule has 5 heteroatoms. The number of carbonyl (C=O) groups excluding carboxylic acids is 2. The van der Waals surface area contributed by atoms with Crippen molar-refractivity contribution in [1.82, 2.24) is 10.3 Å². The summed E-state index contributed by atoms with van der Waals surface area (Å²) in [5.74, 6) is 0.242. The Morgan fingerprint density at radius 1 is 1.32 bits per heavy atom. The highest BCUT2D eigenvalue weighted by atomic mass is 16.2. The Labute approximate surface area is 132 Å². The Kier molecular flexibility index (Phi) is 5.40. The van der Waals surface area contributed by atoms with Crippen molar-refractivity contribution >= 4 is 11.7 Å². The lowest BCUT2D eigenvalue weighted by Gasteiger charge is -2.31. The Hall–Kier alpha value is -1.62. The third kappa shape index (κ3) is 3.24. The average Bonchev–Trinajstić information content (AvgIpc) is 2.84. The summed E-state index contributed by atoms with van der Waals surface area (Å²) in [4.78, 5) is 27.6. The van der Waals surface area contributed by atoms with Crippen molar-refractivity contribution in [3.05, 3.63) is 22.5 Å². The van der Waals surface area contributed by atoms with Crippen molar-refractivity contribution in [3.63, 3.8) is 0 Å². The van der Waals surface area contributed by atoms with Crippen LogP contribution in [0.5, 0.6) is 0 Å². The summed E-state index contributed by atoms with van der Waals surface area (Å²) in [7, 11) is 0. The van der Waals surface area contributed by atoms with Crippen LogP contribution in [0.1, 0.15) is 71.6 Å². The Bertz CT molecular complexity index is 562. The lowest BCUT2D eigenvalue weighted by Crippen LogP contribution is -2.45. The molecule has 4 N–H and O–H groups in total. The average molecular weight is 305 g/mol. The minimum Gasteiger partial charge on any atom is -0.354 e. The molecule has 0 radical (unpaired) electrons. The van der Waals surface area contributed by atoms with Gasteiger partial charge in [-0.2, -0.15) is 0 Å². The van der Waals surface area contributed by atoms with Crippen LogP contribution in [0.2, 0.25) is 0 Å². The number of amides is 1. The normalized spacial score (nSPS) is 21.6. The summed E-state index contributed by atoms with van der Waals surface area (Å²) in [6.07, 6.45) is 5.03. The van der Waals surface area contributed by atoms with Crippen LogP contribution in [0, 0.1) is 12.8 Å². The van der Waals surface area contributed by atoms with Crippen LogP contribution in [-0.2, 0) is 6.42 Å². The minimum atomic E-state index is -0.113. The first-order chi connectivity index (χ1) is 10.5. The van der Waals surface area contributed by atoms with Crippen LogP contribution >= 0.6 is 0 Å². The predicted molar refractivity (Wildman–Crippen MR) is 87.2 cm³/mol. The Morgan fingerprint density at radius 2 is 2.00 bits per heavy atom. The third-order valence-electron chi connectivity index (χ3n) is 4.75. The van der Waals surface area contributed by atoms with Gasteiger partial charge in [0.1, 0.15) is 5.69 Å². The highest BCUT2D eigenvalue weighted by Gasteiger charge is 2.28. The summed E-state index contributed by atoms with van der Waals surface area (Å²) in [5, 5.41) is 3.13. The quantitative estimate of drug-likeness (QED) is 0.730. The summed E-state index contributed by atoms with van der Waals surface area (Å²) >= 11 is 0. The topological polar surface area (TPSA) is 88.0 Å². The van der Waals surface area contributed by atoms with Crippen molar-refractivity contribution < 1.29 is 9.59 Å². The monoisotopic (exact) mass is 305 g/mol. The lowest BCUT2D eigenvalue weighted by atomic mass is 9.84. The molecular formula is C17H27N3O2. The van der Waals surface area contributed by atoms with Crippen molar-refractivity contribution in [2.24, 2.45) is 11.7 Å². The van der Waals surface area contributed by atoms with Crippen LogP contribution in [0.25, 0.3) is 0 Å². The van der Waals surface area contributed by atoms with E-state index in [-0.39, 0.29) is 17.7 Å². The fourth-order valence-corrected chi connectivity index (χ4v) is 3.62. The van der Waals surface area contributed by atoms with Crippen LogP contribution in [0.15, 0.2) is 0 Å². The molecule has 1 fully saturated rings. The van der Waals surface area contributed by atoms with Crippen LogP contribution in [0.3, 0.4) is 0 Å². The number of aromatic nitrogens is 1. The van der Waals surface area contributed by atoms with Gasteiger partial charge in [0.25, 0.3) is 5.91 Å². The van der Waals surface area contributed by atoms with Gasteiger partial charge in [-0.15, -0.1) is 0 Å². The summed E-state index contributed by atoms with van der Waals surface area (Å²) in [6.45, 7) is 5.96. The number of nitrogens with one attached hydrogen (secondary N) is 2. The number of aromatic amines is 1. The molecule has 1 aromatic heterocycles. The van der Waals surface area contributed by atoms with Gasteiger partial charge in [-0.05, 0) is 51.1 Å². The number of carbonyl (C=O) groups is 2. The van der Waals surface area contributed by atoms with Crippen molar-refractivity contribution in [3.8, 4) is 0 Å². The maximum atomic E-state index is 12.6. The van der Waals surface area contributed by atoms with E-state index in [2.05, 4.69) is 10.3 Å². The maximum absolute atomic E-state index is 12.6. The number of hydrogen-bond acceptors (Lipinski definition) is 3. The van der Waals surface area contributed by atoms with Crippen LogP contribution < -0.4 is 11.1 Å². The first kappa shape index (κ1) is 16.7.